The molecule has 0 saturated heterocycles. The van der Waals surface area contributed by atoms with Gasteiger partial charge in [0.25, 0.3) is 5.95 Å². The van der Waals surface area contributed by atoms with Crippen LogP contribution in [0.1, 0.15) is 25.1 Å². The van der Waals surface area contributed by atoms with Gasteiger partial charge in [0.05, 0.1) is 17.2 Å². The lowest BCUT2D eigenvalue weighted by Crippen LogP contribution is -2.25. The highest BCUT2D eigenvalue weighted by Crippen LogP contribution is 2.27. The van der Waals surface area contributed by atoms with E-state index in [-0.39, 0.29) is 11.9 Å². The zero-order valence-electron chi connectivity index (χ0n) is 19.9. The van der Waals surface area contributed by atoms with E-state index in [9.17, 15) is 0 Å². The normalized spacial score (nSPS) is 11.7. The van der Waals surface area contributed by atoms with E-state index in [2.05, 4.69) is 57.5 Å². The van der Waals surface area contributed by atoms with Gasteiger partial charge >= 0.3 is 0 Å². The highest BCUT2D eigenvalue weighted by Gasteiger charge is 2.11. The summed E-state index contributed by atoms with van der Waals surface area (Å²) in [6.07, 6.45) is 0. The largest absolute Gasteiger partial charge is 0.496 e. The standard InChI is InChI=1S/C24H29Cl2N7O/c1-14(2)33(4)13-16-11-17(7-9-21(16)34-5)29-22-10-15(3)28-24(31-22)32-23(27)30-18-6-8-19(25)20(26)12-18/h6-12,14H,13H2,1-5H3,(H4,27,28,29,30,31,32). The van der Waals surface area contributed by atoms with Crippen LogP contribution in [-0.2, 0) is 6.54 Å². The summed E-state index contributed by atoms with van der Waals surface area (Å²) in [7, 11) is 3.76. The minimum absolute atomic E-state index is 0.124. The summed E-state index contributed by atoms with van der Waals surface area (Å²) < 4.78 is 5.54. The van der Waals surface area contributed by atoms with Crippen molar-refractivity contribution >= 4 is 52.3 Å². The highest BCUT2D eigenvalue weighted by molar-refractivity contribution is 6.42. The lowest BCUT2D eigenvalue weighted by molar-refractivity contribution is 0.261. The van der Waals surface area contributed by atoms with Crippen molar-refractivity contribution in [3.8, 4) is 5.75 Å². The monoisotopic (exact) mass is 501 g/mol. The zero-order chi connectivity index (χ0) is 24.8. The second-order valence-corrected chi connectivity index (χ2v) is 8.92. The summed E-state index contributed by atoms with van der Waals surface area (Å²) in [5, 5.41) is 7.16. The number of aliphatic imine (C=N–C) groups is 1. The number of nitrogens with two attached hydrogens (primary N) is 1. The van der Waals surface area contributed by atoms with Gasteiger partial charge in [-0.15, -0.1) is 0 Å². The summed E-state index contributed by atoms with van der Waals surface area (Å²) in [4.78, 5) is 15.4. The van der Waals surface area contributed by atoms with Crippen molar-refractivity contribution in [2.45, 2.75) is 33.4 Å². The molecule has 34 heavy (non-hydrogen) atoms. The van der Waals surface area contributed by atoms with Crippen molar-refractivity contribution in [1.29, 1.82) is 0 Å². The molecule has 0 amide bonds. The molecular weight excluding hydrogens is 473 g/mol. The van der Waals surface area contributed by atoms with Gasteiger partial charge in [-0.1, -0.05) is 23.2 Å². The molecule has 0 spiro atoms. The molecule has 2 aromatic carbocycles. The summed E-state index contributed by atoms with van der Waals surface area (Å²) in [6, 6.07) is 13.3. The predicted octanol–water partition coefficient (Wildman–Crippen LogP) is 5.74. The van der Waals surface area contributed by atoms with Crippen LogP contribution in [0.2, 0.25) is 10.0 Å². The van der Waals surface area contributed by atoms with Gasteiger partial charge in [-0.25, -0.2) is 4.98 Å². The quantitative estimate of drug-likeness (QED) is 0.267. The molecule has 8 nitrogen and oxygen atoms in total. The molecule has 0 unspecified atom stereocenters. The minimum atomic E-state index is 0.124. The maximum absolute atomic E-state index is 6.05. The third-order valence-corrected chi connectivity index (χ3v) is 5.85. The average Bonchev–Trinajstić information content (AvgIpc) is 2.76. The fourth-order valence-corrected chi connectivity index (χ4v) is 3.40. The van der Waals surface area contributed by atoms with E-state index in [0.717, 1.165) is 29.2 Å². The van der Waals surface area contributed by atoms with Crippen LogP contribution in [-0.4, -0.2) is 41.0 Å². The molecule has 3 rings (SSSR count). The number of halogens is 2. The van der Waals surface area contributed by atoms with Gasteiger partial charge in [0, 0.05) is 41.3 Å². The van der Waals surface area contributed by atoms with Crippen molar-refractivity contribution in [3.05, 3.63) is 63.8 Å². The summed E-state index contributed by atoms with van der Waals surface area (Å²) in [5.41, 5.74) is 9.39. The van der Waals surface area contributed by atoms with Crippen molar-refractivity contribution in [3.63, 3.8) is 0 Å². The van der Waals surface area contributed by atoms with E-state index >= 15 is 0 Å². The molecule has 0 aliphatic rings. The van der Waals surface area contributed by atoms with Crippen molar-refractivity contribution in [2.75, 3.05) is 24.8 Å². The number of nitrogens with one attached hydrogen (secondary N) is 2. The minimum Gasteiger partial charge on any atom is -0.496 e. The topological polar surface area (TPSA) is 101 Å². The maximum Gasteiger partial charge on any atom is 0.254 e. The second kappa shape index (κ2) is 11.4. The van der Waals surface area contributed by atoms with Gasteiger partial charge in [-0.05, 0) is 64.2 Å². The average molecular weight is 502 g/mol. The van der Waals surface area contributed by atoms with Crippen molar-refractivity contribution in [1.82, 2.24) is 14.9 Å². The third kappa shape index (κ3) is 6.96. The Morgan fingerprint density at radius 3 is 2.50 bits per heavy atom. The number of hydrogen-bond donors (Lipinski definition) is 3. The molecule has 0 radical (unpaired) electrons. The molecule has 10 heteroatoms. The smallest absolute Gasteiger partial charge is 0.254 e. The Kier molecular flexibility index (Phi) is 8.55. The molecular formula is C24H29Cl2N7O. The number of benzene rings is 2. The molecule has 1 aromatic heterocycles. The molecule has 3 aromatic rings. The number of aromatic nitrogens is 2. The summed E-state index contributed by atoms with van der Waals surface area (Å²) >= 11 is 12.0. The number of aryl methyl sites for hydroxylation is 1. The molecule has 1 heterocycles. The molecule has 0 saturated carbocycles. The Bertz CT molecular complexity index is 1180. The van der Waals surface area contributed by atoms with Gasteiger partial charge in [0.2, 0.25) is 5.96 Å². The van der Waals surface area contributed by atoms with Crippen LogP contribution in [0.15, 0.2) is 47.5 Å². The van der Waals surface area contributed by atoms with Gasteiger partial charge in [0.15, 0.2) is 0 Å². The van der Waals surface area contributed by atoms with E-state index in [1.165, 1.54) is 0 Å². The SMILES string of the molecule is COc1ccc(Nc2cc(C)nc(/N=C(\N)Nc3ccc(Cl)c(Cl)c3)n2)cc1CN(C)C(C)C. The number of ether oxygens (including phenoxy) is 1. The molecule has 0 aliphatic heterocycles. The maximum atomic E-state index is 6.05. The molecule has 0 fully saturated rings. The van der Waals surface area contributed by atoms with Crippen molar-refractivity contribution < 1.29 is 4.74 Å². The first-order chi connectivity index (χ1) is 16.1. The number of anilines is 3. The Morgan fingerprint density at radius 2 is 1.82 bits per heavy atom. The fourth-order valence-electron chi connectivity index (χ4n) is 3.10. The Morgan fingerprint density at radius 1 is 1.09 bits per heavy atom. The first-order valence-electron chi connectivity index (χ1n) is 10.7. The first kappa shape index (κ1) is 25.6. The number of guanidine groups is 1. The summed E-state index contributed by atoms with van der Waals surface area (Å²) in [6.45, 7) is 6.93. The third-order valence-electron chi connectivity index (χ3n) is 5.11. The van der Waals surface area contributed by atoms with Crippen LogP contribution in [0.4, 0.5) is 23.1 Å². The molecule has 0 aliphatic carbocycles. The van der Waals surface area contributed by atoms with E-state index in [0.29, 0.717) is 27.6 Å². The van der Waals surface area contributed by atoms with Gasteiger partial charge in [-0.3, -0.25) is 4.90 Å². The van der Waals surface area contributed by atoms with Gasteiger partial charge < -0.3 is 21.1 Å². The first-order valence-corrected chi connectivity index (χ1v) is 11.5. The van der Waals surface area contributed by atoms with E-state index in [4.69, 9.17) is 33.7 Å². The van der Waals surface area contributed by atoms with Crippen LogP contribution in [0.5, 0.6) is 5.75 Å². The van der Waals surface area contributed by atoms with Crippen LogP contribution in [0.25, 0.3) is 0 Å². The van der Waals surface area contributed by atoms with Crippen LogP contribution in [0, 0.1) is 6.92 Å². The number of methoxy groups -OCH3 is 1. The fraction of sp³-hybridized carbons (Fsp3) is 0.292. The highest BCUT2D eigenvalue weighted by atomic mass is 35.5. The van der Waals surface area contributed by atoms with Gasteiger partial charge in [-0.2, -0.15) is 9.98 Å². The second-order valence-electron chi connectivity index (χ2n) is 8.11. The predicted molar refractivity (Wildman–Crippen MR) is 141 cm³/mol. The van der Waals surface area contributed by atoms with E-state index in [1.54, 1.807) is 25.3 Å². The van der Waals surface area contributed by atoms with Crippen LogP contribution >= 0.6 is 23.2 Å². The molecule has 0 atom stereocenters. The zero-order valence-corrected chi connectivity index (χ0v) is 21.4. The lowest BCUT2D eigenvalue weighted by atomic mass is 10.1. The van der Waals surface area contributed by atoms with Gasteiger partial charge in [0.1, 0.15) is 11.6 Å². The molecule has 180 valence electrons. The number of hydrogen-bond acceptors (Lipinski definition) is 6. The Labute approximate surface area is 210 Å². The van der Waals surface area contributed by atoms with E-state index < -0.39 is 0 Å². The Hall–Kier alpha value is -3.07. The lowest BCUT2D eigenvalue weighted by Gasteiger charge is -2.22. The van der Waals surface area contributed by atoms with E-state index in [1.807, 2.05) is 25.1 Å². The molecule has 0 bridgehead atoms. The van der Waals surface area contributed by atoms with Crippen LogP contribution < -0.4 is 21.1 Å². The Balaban J connectivity index is 1.80. The summed E-state index contributed by atoms with van der Waals surface area (Å²) in [5.74, 6) is 1.78. The number of nitrogens with zero attached hydrogens (tertiary/aromatic N) is 4. The van der Waals surface area contributed by atoms with Crippen molar-refractivity contribution in [2.24, 2.45) is 10.7 Å². The molecule has 4 N–H and O–H groups in total. The number of rotatable bonds is 8. The van der Waals surface area contributed by atoms with Crippen LogP contribution in [0.3, 0.4) is 0 Å².